The van der Waals surface area contributed by atoms with Crippen molar-refractivity contribution in [2.45, 2.75) is 77.9 Å². The lowest BCUT2D eigenvalue weighted by molar-refractivity contribution is -0.133. The van der Waals surface area contributed by atoms with Crippen LogP contribution in [0.2, 0.25) is 0 Å². The Kier molecular flexibility index (Phi) is 8.62. The van der Waals surface area contributed by atoms with Gasteiger partial charge in [-0.2, -0.15) is 5.10 Å². The van der Waals surface area contributed by atoms with Gasteiger partial charge in [-0.3, -0.25) is 9.59 Å². The van der Waals surface area contributed by atoms with Crippen LogP contribution in [0.15, 0.2) is 47.6 Å². The Bertz CT molecular complexity index is 1110. The number of amides is 2. The number of nitrogens with zero attached hydrogens (tertiary/aromatic N) is 2. The van der Waals surface area contributed by atoms with Crippen LogP contribution in [-0.4, -0.2) is 35.7 Å². The summed E-state index contributed by atoms with van der Waals surface area (Å²) in [7, 11) is 1.66. The number of hydrogen-bond acceptors (Lipinski definition) is 5. The molecule has 0 saturated heterocycles. The zero-order valence-corrected chi connectivity index (χ0v) is 21.6. The van der Waals surface area contributed by atoms with E-state index < -0.39 is 0 Å². The van der Waals surface area contributed by atoms with Gasteiger partial charge in [0.15, 0.2) is 11.5 Å². The molecule has 2 amide bonds. The van der Waals surface area contributed by atoms with Crippen molar-refractivity contribution in [2.24, 2.45) is 11.0 Å². The molecule has 2 aliphatic rings. The summed E-state index contributed by atoms with van der Waals surface area (Å²) in [5.41, 5.74) is 3.49. The van der Waals surface area contributed by atoms with Crippen LogP contribution in [0.4, 0.5) is 5.69 Å². The highest BCUT2D eigenvalue weighted by Crippen LogP contribution is 2.34. The molecule has 0 radical (unpaired) electrons. The van der Waals surface area contributed by atoms with Gasteiger partial charge >= 0.3 is 0 Å². The van der Waals surface area contributed by atoms with Crippen molar-refractivity contribution in [3.8, 4) is 11.5 Å². The van der Waals surface area contributed by atoms with E-state index >= 15 is 0 Å². The van der Waals surface area contributed by atoms with Crippen LogP contribution in [0.3, 0.4) is 0 Å². The van der Waals surface area contributed by atoms with Gasteiger partial charge in [-0.05, 0) is 74.4 Å². The van der Waals surface area contributed by atoms with Gasteiger partial charge in [-0.1, -0.05) is 26.0 Å². The molecule has 1 atom stereocenters. The predicted octanol–water partition coefficient (Wildman–Crippen LogP) is 5.92. The van der Waals surface area contributed by atoms with Crippen LogP contribution in [0.1, 0.15) is 76.3 Å². The quantitative estimate of drug-likeness (QED) is 0.447. The van der Waals surface area contributed by atoms with E-state index in [1.54, 1.807) is 12.1 Å². The Labute approximate surface area is 213 Å². The molecule has 1 heterocycles. The Morgan fingerprint density at radius 3 is 2.64 bits per heavy atom. The number of ether oxygens (including phenoxy) is 2. The first kappa shape index (κ1) is 25.7. The lowest BCUT2D eigenvalue weighted by Gasteiger charge is -2.29. The average molecular weight is 492 g/mol. The summed E-state index contributed by atoms with van der Waals surface area (Å²) in [6.45, 7) is 4.41. The first-order valence-electron chi connectivity index (χ1n) is 13.1. The number of anilines is 1. The molecular formula is C29H37N3O4. The predicted molar refractivity (Wildman–Crippen MR) is 141 cm³/mol. The fourth-order valence-corrected chi connectivity index (χ4v) is 4.92. The summed E-state index contributed by atoms with van der Waals surface area (Å²) in [5.74, 6) is 1.48. The lowest BCUT2D eigenvalue weighted by Crippen LogP contribution is -2.36. The summed E-state index contributed by atoms with van der Waals surface area (Å²) in [6, 6.07) is 13.5. The second kappa shape index (κ2) is 12.1. The minimum Gasteiger partial charge on any atom is -0.493 e. The minimum atomic E-state index is -0.00933. The van der Waals surface area contributed by atoms with Gasteiger partial charge in [0.05, 0.1) is 25.5 Å². The monoisotopic (exact) mass is 491 g/mol. The number of carbonyl (C=O) groups excluding carboxylic acids is 2. The van der Waals surface area contributed by atoms with Crippen molar-refractivity contribution >= 4 is 23.2 Å². The SMILES string of the molecule is CCCC(=O)Nc1cccc(CN2N=C(c3ccc(OC)c(OC4CCCC4)c3)C(CC)CC2=O)c1. The number of benzene rings is 2. The Morgan fingerprint density at radius 1 is 1.11 bits per heavy atom. The maximum absolute atomic E-state index is 13.0. The van der Waals surface area contributed by atoms with E-state index in [4.69, 9.17) is 14.6 Å². The van der Waals surface area contributed by atoms with E-state index in [-0.39, 0.29) is 23.8 Å². The van der Waals surface area contributed by atoms with Crippen LogP contribution in [0.5, 0.6) is 11.5 Å². The van der Waals surface area contributed by atoms with Gasteiger partial charge in [0, 0.05) is 30.0 Å². The van der Waals surface area contributed by atoms with E-state index in [9.17, 15) is 9.59 Å². The van der Waals surface area contributed by atoms with Crippen LogP contribution in [-0.2, 0) is 16.1 Å². The van der Waals surface area contributed by atoms with Crippen LogP contribution >= 0.6 is 0 Å². The third-order valence-electron chi connectivity index (χ3n) is 6.89. The molecule has 4 rings (SSSR count). The van der Waals surface area contributed by atoms with Crippen molar-refractivity contribution in [2.75, 3.05) is 12.4 Å². The summed E-state index contributed by atoms with van der Waals surface area (Å²) >= 11 is 0. The number of hydrazone groups is 1. The van der Waals surface area contributed by atoms with E-state index in [0.717, 1.165) is 54.0 Å². The van der Waals surface area contributed by atoms with Crippen molar-refractivity contribution < 1.29 is 19.1 Å². The minimum absolute atomic E-state index is 0.00182. The standard InChI is InChI=1S/C29H37N3O4/c1-4-9-27(33)30-23-11-8-10-20(16-23)19-32-28(34)18-21(5-2)29(31-32)22-14-15-25(35-3)26(17-22)36-24-12-6-7-13-24/h8,10-11,14-17,21,24H,4-7,9,12-13,18-19H2,1-3H3,(H,30,33). The molecule has 7 nitrogen and oxygen atoms in total. The molecule has 0 aromatic heterocycles. The normalized spacial score (nSPS) is 18.2. The molecule has 1 saturated carbocycles. The Hall–Kier alpha value is -3.35. The molecule has 1 N–H and O–H groups in total. The van der Waals surface area contributed by atoms with Gasteiger partial charge in [-0.25, -0.2) is 5.01 Å². The molecule has 1 aliphatic carbocycles. The van der Waals surface area contributed by atoms with Crippen molar-refractivity contribution in [3.63, 3.8) is 0 Å². The first-order valence-corrected chi connectivity index (χ1v) is 13.1. The fraction of sp³-hybridized carbons (Fsp3) is 0.483. The van der Waals surface area contributed by atoms with Gasteiger partial charge < -0.3 is 14.8 Å². The second-order valence-corrected chi connectivity index (χ2v) is 9.63. The number of nitrogens with one attached hydrogen (secondary N) is 1. The third-order valence-corrected chi connectivity index (χ3v) is 6.89. The smallest absolute Gasteiger partial charge is 0.243 e. The van der Waals surface area contributed by atoms with E-state index in [1.807, 2.05) is 49.4 Å². The van der Waals surface area contributed by atoms with E-state index in [1.165, 1.54) is 12.8 Å². The molecule has 1 unspecified atom stereocenters. The number of rotatable bonds is 10. The molecule has 2 aromatic rings. The zero-order chi connectivity index (χ0) is 25.5. The lowest BCUT2D eigenvalue weighted by atomic mass is 9.89. The second-order valence-electron chi connectivity index (χ2n) is 9.63. The van der Waals surface area contributed by atoms with Crippen molar-refractivity contribution in [1.82, 2.24) is 5.01 Å². The molecule has 7 heteroatoms. The summed E-state index contributed by atoms with van der Waals surface area (Å²) in [6.07, 6.45) is 7.23. The number of hydrogen-bond donors (Lipinski definition) is 1. The van der Waals surface area contributed by atoms with Crippen molar-refractivity contribution in [3.05, 3.63) is 53.6 Å². The molecule has 0 spiro atoms. The molecule has 192 valence electrons. The highest BCUT2D eigenvalue weighted by molar-refractivity contribution is 6.06. The largest absolute Gasteiger partial charge is 0.493 e. The molecule has 0 bridgehead atoms. The van der Waals surface area contributed by atoms with Crippen LogP contribution in [0, 0.1) is 5.92 Å². The van der Waals surface area contributed by atoms with E-state index in [2.05, 4.69) is 12.2 Å². The number of carbonyl (C=O) groups is 2. The topological polar surface area (TPSA) is 80.2 Å². The molecular weight excluding hydrogens is 454 g/mol. The first-order chi connectivity index (χ1) is 17.5. The van der Waals surface area contributed by atoms with Crippen LogP contribution < -0.4 is 14.8 Å². The third kappa shape index (κ3) is 6.25. The zero-order valence-electron chi connectivity index (χ0n) is 21.6. The Morgan fingerprint density at radius 2 is 1.92 bits per heavy atom. The van der Waals surface area contributed by atoms with Crippen molar-refractivity contribution in [1.29, 1.82) is 0 Å². The molecule has 36 heavy (non-hydrogen) atoms. The maximum Gasteiger partial charge on any atom is 0.243 e. The average Bonchev–Trinajstić information content (AvgIpc) is 3.38. The van der Waals surface area contributed by atoms with Gasteiger partial charge in [-0.15, -0.1) is 0 Å². The fourth-order valence-electron chi connectivity index (χ4n) is 4.92. The molecule has 2 aromatic carbocycles. The van der Waals surface area contributed by atoms with Gasteiger partial charge in [0.25, 0.3) is 0 Å². The highest BCUT2D eigenvalue weighted by atomic mass is 16.5. The number of methoxy groups -OCH3 is 1. The summed E-state index contributed by atoms with van der Waals surface area (Å²) in [4.78, 5) is 25.0. The Balaban J connectivity index is 1.58. The van der Waals surface area contributed by atoms with Crippen LogP contribution in [0.25, 0.3) is 0 Å². The van der Waals surface area contributed by atoms with Gasteiger partial charge in [0.2, 0.25) is 11.8 Å². The molecule has 1 aliphatic heterocycles. The summed E-state index contributed by atoms with van der Waals surface area (Å²) < 4.78 is 11.9. The van der Waals surface area contributed by atoms with Gasteiger partial charge in [0.1, 0.15) is 0 Å². The van der Waals surface area contributed by atoms with E-state index in [0.29, 0.717) is 25.1 Å². The molecule has 1 fully saturated rings. The summed E-state index contributed by atoms with van der Waals surface area (Å²) in [5, 5.41) is 9.32. The highest BCUT2D eigenvalue weighted by Gasteiger charge is 2.30. The maximum atomic E-state index is 13.0.